The van der Waals surface area contributed by atoms with Crippen LogP contribution in [0.1, 0.15) is 36.3 Å². The maximum absolute atomic E-state index is 12.7. The number of nitrogens with zero attached hydrogens (tertiary/aromatic N) is 2. The van der Waals surface area contributed by atoms with Gasteiger partial charge < -0.3 is 0 Å². The van der Waals surface area contributed by atoms with Crippen molar-refractivity contribution in [2.45, 2.75) is 26.7 Å². The minimum absolute atomic E-state index is 0.0441. The molecule has 0 bridgehead atoms. The monoisotopic (exact) mass is 328 g/mol. The van der Waals surface area contributed by atoms with E-state index in [-0.39, 0.29) is 11.2 Å². The molecule has 0 amide bonds. The molecule has 0 fully saturated rings. The normalized spacial score (nSPS) is 15.7. The molecule has 1 aromatic carbocycles. The largest absolute Gasteiger partial charge is 0.294 e. The van der Waals surface area contributed by atoms with Gasteiger partial charge in [0.1, 0.15) is 0 Å². The van der Waals surface area contributed by atoms with Crippen LogP contribution in [0, 0.1) is 5.41 Å². The van der Waals surface area contributed by atoms with E-state index in [1.807, 2.05) is 42.5 Å². The Morgan fingerprint density at radius 1 is 0.920 bits per heavy atom. The summed E-state index contributed by atoms with van der Waals surface area (Å²) in [4.78, 5) is 22.1. The molecule has 2 heterocycles. The molecule has 1 aliphatic carbocycles. The van der Waals surface area contributed by atoms with Crippen molar-refractivity contribution in [2.24, 2.45) is 5.41 Å². The van der Waals surface area contributed by atoms with Gasteiger partial charge >= 0.3 is 0 Å². The highest BCUT2D eigenvalue weighted by Crippen LogP contribution is 2.38. The van der Waals surface area contributed by atoms with Gasteiger partial charge in [0.2, 0.25) is 0 Å². The fraction of sp³-hybridized carbons (Fsp3) is 0.227. The van der Waals surface area contributed by atoms with Crippen LogP contribution in [0.25, 0.3) is 22.5 Å². The molecule has 0 saturated carbocycles. The quantitative estimate of drug-likeness (QED) is 0.667. The molecule has 3 nitrogen and oxygen atoms in total. The molecule has 0 saturated heterocycles. The van der Waals surface area contributed by atoms with Crippen molar-refractivity contribution in [1.29, 1.82) is 0 Å². The Labute approximate surface area is 147 Å². The topological polar surface area (TPSA) is 42.9 Å². The molecule has 0 unspecified atom stereocenters. The van der Waals surface area contributed by atoms with Crippen LogP contribution in [0.15, 0.2) is 60.8 Å². The summed E-state index contributed by atoms with van der Waals surface area (Å²) in [5.74, 6) is 0.176. The number of Topliss-reactive ketones (excluding diaryl/α,β-unsaturated/α-hetero) is 1. The number of hydrogen-bond donors (Lipinski definition) is 0. The predicted molar refractivity (Wildman–Crippen MR) is 99.3 cm³/mol. The van der Waals surface area contributed by atoms with Gasteiger partial charge in [-0.15, -0.1) is 0 Å². The van der Waals surface area contributed by atoms with Gasteiger partial charge in [0.15, 0.2) is 5.78 Å². The van der Waals surface area contributed by atoms with E-state index in [1.54, 1.807) is 6.20 Å². The molecular weight excluding hydrogens is 308 g/mol. The highest BCUT2D eigenvalue weighted by molar-refractivity contribution is 6.00. The summed E-state index contributed by atoms with van der Waals surface area (Å²) in [5.41, 5.74) is 5.30. The molecule has 0 aliphatic heterocycles. The Morgan fingerprint density at radius 2 is 1.68 bits per heavy atom. The molecule has 3 heteroatoms. The smallest absolute Gasteiger partial charge is 0.165 e. The first kappa shape index (κ1) is 15.7. The maximum atomic E-state index is 12.7. The Kier molecular flexibility index (Phi) is 3.72. The number of fused-ring (bicyclic) bond motifs is 1. The molecule has 0 N–H and O–H groups in total. The van der Waals surface area contributed by atoms with Crippen LogP contribution < -0.4 is 0 Å². The number of carbonyl (C=O) groups excluding carboxylic acids is 1. The van der Waals surface area contributed by atoms with E-state index in [0.717, 1.165) is 40.2 Å². The Morgan fingerprint density at radius 3 is 2.40 bits per heavy atom. The predicted octanol–water partition coefficient (Wildman–Crippen LogP) is 4.97. The van der Waals surface area contributed by atoms with Crippen LogP contribution >= 0.6 is 0 Å². The zero-order valence-electron chi connectivity index (χ0n) is 14.5. The Balaban J connectivity index is 1.97. The molecule has 25 heavy (non-hydrogen) atoms. The number of hydrogen-bond acceptors (Lipinski definition) is 3. The minimum atomic E-state index is -0.0441. The zero-order chi connectivity index (χ0) is 17.4. The zero-order valence-corrected chi connectivity index (χ0v) is 14.5. The molecule has 1 aliphatic rings. The summed E-state index contributed by atoms with van der Waals surface area (Å²) in [6.07, 6.45) is 3.15. The fourth-order valence-electron chi connectivity index (χ4n) is 3.51. The molecular formula is C22H20N2O. The van der Waals surface area contributed by atoms with Crippen molar-refractivity contribution in [1.82, 2.24) is 9.97 Å². The highest BCUT2D eigenvalue weighted by atomic mass is 16.1. The van der Waals surface area contributed by atoms with Gasteiger partial charge in [0.25, 0.3) is 0 Å². The second-order valence-electron chi connectivity index (χ2n) is 7.40. The number of carbonyl (C=O) groups is 1. The van der Waals surface area contributed by atoms with Gasteiger partial charge in [-0.2, -0.15) is 0 Å². The first-order valence-corrected chi connectivity index (χ1v) is 8.57. The van der Waals surface area contributed by atoms with Crippen molar-refractivity contribution in [3.8, 4) is 22.5 Å². The molecule has 4 rings (SSSR count). The van der Waals surface area contributed by atoms with Gasteiger partial charge in [-0.05, 0) is 30.0 Å². The van der Waals surface area contributed by atoms with Gasteiger partial charge in [-0.3, -0.25) is 14.8 Å². The van der Waals surface area contributed by atoms with E-state index >= 15 is 0 Å². The lowest BCUT2D eigenvalue weighted by molar-refractivity contribution is 0.0910. The standard InChI is InChI=1S/C22H20N2O/c1-22(2)13-19-16(20(25)14-22)12-17(18-10-6-7-11-23-18)21(24-19)15-8-4-3-5-9-15/h3-12H,13-14H2,1-2H3. The lowest BCUT2D eigenvalue weighted by atomic mass is 9.75. The van der Waals surface area contributed by atoms with Gasteiger partial charge in [0.05, 0.1) is 17.1 Å². The lowest BCUT2D eigenvalue weighted by Crippen LogP contribution is -2.28. The summed E-state index contributed by atoms with van der Waals surface area (Å²) in [6.45, 7) is 4.26. The first-order valence-electron chi connectivity index (χ1n) is 8.57. The number of benzene rings is 1. The summed E-state index contributed by atoms with van der Waals surface area (Å²) >= 11 is 0. The van der Waals surface area contributed by atoms with Crippen LogP contribution in [0.4, 0.5) is 0 Å². The Hall–Kier alpha value is -2.81. The molecule has 2 aromatic heterocycles. The third-order valence-corrected chi connectivity index (χ3v) is 4.68. The van der Waals surface area contributed by atoms with Gasteiger partial charge in [0, 0.05) is 29.3 Å². The van der Waals surface area contributed by atoms with Crippen LogP contribution in [0.5, 0.6) is 0 Å². The average Bonchev–Trinajstić information content (AvgIpc) is 2.61. The molecule has 0 radical (unpaired) electrons. The number of ketones is 1. The SMILES string of the molecule is CC1(C)CC(=O)c2cc(-c3ccccn3)c(-c3ccccc3)nc2C1. The van der Waals surface area contributed by atoms with Crippen molar-refractivity contribution in [2.75, 3.05) is 0 Å². The Bertz CT molecular complexity index is 931. The second kappa shape index (κ2) is 5.92. The van der Waals surface area contributed by atoms with Crippen LogP contribution in [0.3, 0.4) is 0 Å². The van der Waals surface area contributed by atoms with Gasteiger partial charge in [-0.1, -0.05) is 50.2 Å². The van der Waals surface area contributed by atoms with E-state index in [9.17, 15) is 4.79 Å². The second-order valence-corrected chi connectivity index (χ2v) is 7.40. The van der Waals surface area contributed by atoms with E-state index in [1.165, 1.54) is 0 Å². The summed E-state index contributed by atoms with van der Waals surface area (Å²) in [7, 11) is 0. The molecule has 0 spiro atoms. The van der Waals surface area contributed by atoms with Crippen molar-refractivity contribution in [3.63, 3.8) is 0 Å². The fourth-order valence-corrected chi connectivity index (χ4v) is 3.51. The maximum Gasteiger partial charge on any atom is 0.165 e. The van der Waals surface area contributed by atoms with Crippen molar-refractivity contribution >= 4 is 5.78 Å². The van der Waals surface area contributed by atoms with Crippen LogP contribution in [0.2, 0.25) is 0 Å². The highest BCUT2D eigenvalue weighted by Gasteiger charge is 2.33. The summed E-state index contributed by atoms with van der Waals surface area (Å²) in [5, 5.41) is 0. The summed E-state index contributed by atoms with van der Waals surface area (Å²) in [6, 6.07) is 17.9. The number of rotatable bonds is 2. The average molecular weight is 328 g/mol. The lowest BCUT2D eigenvalue weighted by Gasteiger charge is -2.30. The van der Waals surface area contributed by atoms with E-state index < -0.39 is 0 Å². The van der Waals surface area contributed by atoms with Gasteiger partial charge in [-0.25, -0.2) is 0 Å². The molecule has 3 aromatic rings. The molecule has 124 valence electrons. The van der Waals surface area contributed by atoms with E-state index in [4.69, 9.17) is 4.98 Å². The van der Waals surface area contributed by atoms with Crippen molar-refractivity contribution in [3.05, 3.63) is 72.1 Å². The first-order chi connectivity index (χ1) is 12.0. The van der Waals surface area contributed by atoms with E-state index in [2.05, 4.69) is 31.0 Å². The molecule has 0 atom stereocenters. The van der Waals surface area contributed by atoms with Crippen LogP contribution in [-0.2, 0) is 6.42 Å². The number of aromatic nitrogens is 2. The third kappa shape index (κ3) is 2.98. The van der Waals surface area contributed by atoms with E-state index in [0.29, 0.717) is 6.42 Å². The third-order valence-electron chi connectivity index (χ3n) is 4.68. The minimum Gasteiger partial charge on any atom is -0.294 e. The van der Waals surface area contributed by atoms with Crippen molar-refractivity contribution < 1.29 is 4.79 Å². The summed E-state index contributed by atoms with van der Waals surface area (Å²) < 4.78 is 0. The number of pyridine rings is 2. The van der Waals surface area contributed by atoms with Crippen LogP contribution in [-0.4, -0.2) is 15.8 Å².